The highest BCUT2D eigenvalue weighted by Crippen LogP contribution is 2.18. The Labute approximate surface area is 128 Å². The summed E-state index contributed by atoms with van der Waals surface area (Å²) in [5, 5.41) is 0. The van der Waals surface area contributed by atoms with E-state index in [0.717, 1.165) is 32.7 Å². The third-order valence-electron chi connectivity index (χ3n) is 4.48. The quantitative estimate of drug-likeness (QED) is 0.832. The van der Waals surface area contributed by atoms with Gasteiger partial charge in [-0.25, -0.2) is 4.98 Å². The second kappa shape index (κ2) is 7.76. The minimum atomic E-state index is 0.892. The largest absolute Gasteiger partial charge is 0.379 e. The number of morpholine rings is 1. The number of aromatic nitrogens is 1. The fourth-order valence-electron chi connectivity index (χ4n) is 3.21. The molecule has 2 aliphatic heterocycles. The number of aryl methyl sites for hydroxylation is 1. The highest BCUT2D eigenvalue weighted by Gasteiger charge is 2.13. The van der Waals surface area contributed by atoms with Crippen molar-refractivity contribution in [1.82, 2.24) is 9.88 Å². The lowest BCUT2D eigenvalue weighted by atomic mass is 10.1. The van der Waals surface area contributed by atoms with Crippen molar-refractivity contribution >= 4 is 5.82 Å². The van der Waals surface area contributed by atoms with Crippen LogP contribution in [0, 0.1) is 0 Å². The van der Waals surface area contributed by atoms with Gasteiger partial charge < -0.3 is 9.64 Å². The van der Waals surface area contributed by atoms with E-state index in [-0.39, 0.29) is 0 Å². The molecule has 2 fully saturated rings. The molecular weight excluding hydrogens is 262 g/mol. The highest BCUT2D eigenvalue weighted by molar-refractivity contribution is 5.39. The van der Waals surface area contributed by atoms with E-state index in [2.05, 4.69) is 28.0 Å². The Morgan fingerprint density at radius 2 is 1.81 bits per heavy atom. The van der Waals surface area contributed by atoms with Crippen molar-refractivity contribution in [2.45, 2.75) is 32.1 Å². The molecule has 2 saturated heterocycles. The average Bonchev–Trinajstić information content (AvgIpc) is 2.57. The number of nitrogens with zero attached hydrogens (tertiary/aromatic N) is 3. The maximum absolute atomic E-state index is 5.39. The molecule has 4 nitrogen and oxygen atoms in total. The molecule has 0 atom stereocenters. The van der Waals surface area contributed by atoms with Gasteiger partial charge in [-0.1, -0.05) is 6.07 Å². The zero-order valence-corrected chi connectivity index (χ0v) is 13.0. The van der Waals surface area contributed by atoms with Gasteiger partial charge in [0, 0.05) is 31.9 Å². The van der Waals surface area contributed by atoms with Gasteiger partial charge in [0.2, 0.25) is 0 Å². The van der Waals surface area contributed by atoms with E-state index < -0.39 is 0 Å². The molecular formula is C17H27N3O. The van der Waals surface area contributed by atoms with Gasteiger partial charge in [0.15, 0.2) is 0 Å². The van der Waals surface area contributed by atoms with E-state index in [9.17, 15) is 0 Å². The van der Waals surface area contributed by atoms with E-state index in [1.165, 1.54) is 56.8 Å². The fraction of sp³-hybridized carbons (Fsp3) is 0.706. The molecule has 0 amide bonds. The van der Waals surface area contributed by atoms with Crippen molar-refractivity contribution in [2.75, 3.05) is 50.8 Å². The first-order valence-corrected chi connectivity index (χ1v) is 8.43. The summed E-state index contributed by atoms with van der Waals surface area (Å²) in [4.78, 5) is 9.80. The van der Waals surface area contributed by atoms with Crippen LogP contribution in [0.25, 0.3) is 0 Å². The van der Waals surface area contributed by atoms with E-state index in [0.29, 0.717) is 0 Å². The first-order chi connectivity index (χ1) is 10.4. The van der Waals surface area contributed by atoms with Crippen LogP contribution < -0.4 is 4.90 Å². The van der Waals surface area contributed by atoms with E-state index >= 15 is 0 Å². The summed E-state index contributed by atoms with van der Waals surface area (Å²) in [6.07, 6.45) is 6.26. The minimum Gasteiger partial charge on any atom is -0.379 e. The molecule has 0 unspecified atom stereocenters. The molecule has 0 N–H and O–H groups in total. The number of rotatable bonds is 5. The number of hydrogen-bond acceptors (Lipinski definition) is 4. The smallest absolute Gasteiger partial charge is 0.128 e. The van der Waals surface area contributed by atoms with Crippen LogP contribution in [0.2, 0.25) is 0 Å². The van der Waals surface area contributed by atoms with E-state index in [1.54, 1.807) is 0 Å². The first-order valence-electron chi connectivity index (χ1n) is 8.43. The number of pyridine rings is 1. The topological polar surface area (TPSA) is 28.6 Å². The molecule has 3 heterocycles. The van der Waals surface area contributed by atoms with Crippen LogP contribution in [0.4, 0.5) is 5.82 Å². The van der Waals surface area contributed by atoms with Crippen LogP contribution in [0.15, 0.2) is 18.2 Å². The predicted molar refractivity (Wildman–Crippen MR) is 85.9 cm³/mol. The van der Waals surface area contributed by atoms with Gasteiger partial charge in [-0.15, -0.1) is 0 Å². The molecule has 4 heteroatoms. The predicted octanol–water partition coefficient (Wildman–Crippen LogP) is 2.34. The molecule has 1 aromatic heterocycles. The molecule has 0 aromatic carbocycles. The number of hydrogen-bond donors (Lipinski definition) is 0. The van der Waals surface area contributed by atoms with Crippen molar-refractivity contribution in [3.05, 3.63) is 23.9 Å². The summed E-state index contributed by atoms with van der Waals surface area (Å²) in [6.45, 7) is 7.46. The molecule has 3 rings (SSSR count). The zero-order chi connectivity index (χ0) is 14.3. The first kappa shape index (κ1) is 14.8. The van der Waals surface area contributed by atoms with Gasteiger partial charge in [-0.2, -0.15) is 0 Å². The Balaban J connectivity index is 1.48. The maximum atomic E-state index is 5.39. The van der Waals surface area contributed by atoms with Crippen LogP contribution in [0.5, 0.6) is 0 Å². The summed E-state index contributed by atoms with van der Waals surface area (Å²) < 4.78 is 5.39. The molecule has 0 saturated carbocycles. The number of ether oxygens (including phenoxy) is 1. The Morgan fingerprint density at radius 3 is 2.62 bits per heavy atom. The molecule has 0 aliphatic carbocycles. The second-order valence-corrected chi connectivity index (χ2v) is 6.09. The third kappa shape index (κ3) is 4.42. The Morgan fingerprint density at radius 1 is 1.00 bits per heavy atom. The van der Waals surface area contributed by atoms with Crippen molar-refractivity contribution in [3.63, 3.8) is 0 Å². The van der Waals surface area contributed by atoms with E-state index in [1.807, 2.05) is 0 Å². The lowest BCUT2D eigenvalue weighted by Gasteiger charge is -2.28. The second-order valence-electron chi connectivity index (χ2n) is 6.09. The van der Waals surface area contributed by atoms with Crippen LogP contribution >= 0.6 is 0 Å². The van der Waals surface area contributed by atoms with Crippen LogP contribution in [0.1, 0.15) is 31.4 Å². The Bertz CT molecular complexity index is 426. The van der Waals surface area contributed by atoms with Gasteiger partial charge in [-0.05, 0) is 50.8 Å². The van der Waals surface area contributed by atoms with Gasteiger partial charge in [0.1, 0.15) is 5.82 Å². The standard InChI is InChI=1S/C17H27N3O/c1-2-10-20(11-3-1)17-8-4-6-16(18-17)7-5-9-19-12-14-21-15-13-19/h4,6,8H,1-3,5,7,9-15H2. The molecule has 2 aliphatic rings. The van der Waals surface area contributed by atoms with E-state index in [4.69, 9.17) is 9.72 Å². The lowest BCUT2D eigenvalue weighted by Crippen LogP contribution is -2.37. The van der Waals surface area contributed by atoms with Crippen LogP contribution in [0.3, 0.4) is 0 Å². The summed E-state index contributed by atoms with van der Waals surface area (Å²) in [5.74, 6) is 1.18. The number of piperidine rings is 1. The minimum absolute atomic E-state index is 0.892. The molecule has 1 aromatic rings. The zero-order valence-electron chi connectivity index (χ0n) is 13.0. The molecule has 0 bridgehead atoms. The summed E-state index contributed by atoms with van der Waals surface area (Å²) >= 11 is 0. The summed E-state index contributed by atoms with van der Waals surface area (Å²) in [5.41, 5.74) is 1.24. The number of anilines is 1. The van der Waals surface area contributed by atoms with Gasteiger partial charge in [0.05, 0.1) is 13.2 Å². The van der Waals surface area contributed by atoms with Crippen molar-refractivity contribution in [2.24, 2.45) is 0 Å². The SMILES string of the molecule is c1cc(CCCN2CCOCC2)nc(N2CCCCC2)c1. The van der Waals surface area contributed by atoms with Crippen molar-refractivity contribution in [3.8, 4) is 0 Å². The van der Waals surface area contributed by atoms with Gasteiger partial charge in [-0.3, -0.25) is 4.90 Å². The Hall–Kier alpha value is -1.13. The van der Waals surface area contributed by atoms with Crippen molar-refractivity contribution in [1.29, 1.82) is 0 Å². The maximum Gasteiger partial charge on any atom is 0.128 e. The molecule has 21 heavy (non-hydrogen) atoms. The van der Waals surface area contributed by atoms with Crippen molar-refractivity contribution < 1.29 is 4.74 Å². The van der Waals surface area contributed by atoms with Gasteiger partial charge in [0.25, 0.3) is 0 Å². The van der Waals surface area contributed by atoms with Crippen LogP contribution in [-0.2, 0) is 11.2 Å². The Kier molecular flexibility index (Phi) is 5.46. The summed E-state index contributed by atoms with van der Waals surface area (Å²) in [6, 6.07) is 6.50. The molecule has 0 radical (unpaired) electrons. The molecule has 116 valence electrons. The highest BCUT2D eigenvalue weighted by atomic mass is 16.5. The van der Waals surface area contributed by atoms with Gasteiger partial charge >= 0.3 is 0 Å². The average molecular weight is 289 g/mol. The summed E-state index contributed by atoms with van der Waals surface area (Å²) in [7, 11) is 0. The monoisotopic (exact) mass is 289 g/mol. The third-order valence-corrected chi connectivity index (χ3v) is 4.48. The van der Waals surface area contributed by atoms with Crippen LogP contribution in [-0.4, -0.2) is 55.8 Å². The fourth-order valence-corrected chi connectivity index (χ4v) is 3.21. The lowest BCUT2D eigenvalue weighted by molar-refractivity contribution is 0.0374. The molecule has 0 spiro atoms. The normalized spacial score (nSPS) is 20.7.